The van der Waals surface area contributed by atoms with Crippen LogP contribution in [0.2, 0.25) is 5.02 Å². The molecule has 3 aromatic rings. The van der Waals surface area contributed by atoms with Crippen molar-refractivity contribution in [3.63, 3.8) is 0 Å². The highest BCUT2D eigenvalue weighted by Crippen LogP contribution is 2.27. The van der Waals surface area contributed by atoms with Crippen LogP contribution in [-0.2, 0) is 0 Å². The van der Waals surface area contributed by atoms with Gasteiger partial charge in [-0.1, -0.05) is 29.8 Å². The second-order valence-electron chi connectivity index (χ2n) is 5.95. The van der Waals surface area contributed by atoms with Crippen molar-refractivity contribution in [2.75, 3.05) is 30.8 Å². The fraction of sp³-hybridized carbons (Fsp3) is 0.211. The number of aromatic nitrogens is 2. The molecule has 28 heavy (non-hydrogen) atoms. The number of anilines is 2. The number of nitrogens with zero attached hydrogens (tertiary/aromatic N) is 1. The van der Waals surface area contributed by atoms with Crippen LogP contribution in [0, 0.1) is 0 Å². The molecule has 3 rings (SSSR count). The molecule has 1 heterocycles. The van der Waals surface area contributed by atoms with Gasteiger partial charge in [-0.25, -0.2) is 9.89 Å². The van der Waals surface area contributed by atoms with Crippen LogP contribution in [0.3, 0.4) is 0 Å². The van der Waals surface area contributed by atoms with E-state index in [0.717, 1.165) is 5.39 Å². The zero-order valence-electron chi connectivity index (χ0n) is 15.2. The van der Waals surface area contributed by atoms with E-state index < -0.39 is 0 Å². The number of hydrogen-bond donors (Lipinski definition) is 4. The van der Waals surface area contributed by atoms with Crippen LogP contribution in [-0.4, -0.2) is 36.4 Å². The summed E-state index contributed by atoms with van der Waals surface area (Å²) in [7, 11) is 1.52. The van der Waals surface area contributed by atoms with Crippen molar-refractivity contribution >= 4 is 39.9 Å². The molecule has 0 aliphatic rings. The molecule has 2 aromatic carbocycles. The van der Waals surface area contributed by atoms with Crippen molar-refractivity contribution in [3.05, 3.63) is 57.8 Å². The predicted molar refractivity (Wildman–Crippen MR) is 110 cm³/mol. The molecular weight excluding hydrogens is 382 g/mol. The first-order chi connectivity index (χ1) is 13.6. The summed E-state index contributed by atoms with van der Waals surface area (Å²) in [6, 6.07) is 11.9. The third-order valence-electron chi connectivity index (χ3n) is 4.04. The highest BCUT2D eigenvalue weighted by molar-refractivity contribution is 6.31. The van der Waals surface area contributed by atoms with Crippen molar-refractivity contribution in [2.45, 2.75) is 6.42 Å². The maximum Gasteiger partial charge on any atom is 0.319 e. The van der Waals surface area contributed by atoms with Crippen LogP contribution in [0.5, 0.6) is 5.75 Å². The molecule has 9 heteroatoms. The number of amides is 2. The molecule has 0 fully saturated rings. The minimum absolute atomic E-state index is 0.226. The van der Waals surface area contributed by atoms with Crippen LogP contribution in [0.1, 0.15) is 6.42 Å². The molecule has 0 aliphatic heterocycles. The van der Waals surface area contributed by atoms with Crippen molar-refractivity contribution in [2.24, 2.45) is 0 Å². The molecule has 8 nitrogen and oxygen atoms in total. The molecule has 0 bridgehead atoms. The number of fused-ring (bicyclic) bond motifs is 1. The van der Waals surface area contributed by atoms with E-state index >= 15 is 0 Å². The second kappa shape index (κ2) is 9.09. The molecule has 1 aromatic heterocycles. The minimum Gasteiger partial charge on any atom is -0.495 e. The Morgan fingerprint density at radius 2 is 1.96 bits per heavy atom. The highest BCUT2D eigenvalue weighted by atomic mass is 35.5. The molecule has 4 N–H and O–H groups in total. The van der Waals surface area contributed by atoms with E-state index in [1.807, 2.05) is 12.1 Å². The summed E-state index contributed by atoms with van der Waals surface area (Å²) in [6.07, 6.45) is 0.662. The zero-order chi connectivity index (χ0) is 19.9. The van der Waals surface area contributed by atoms with Crippen molar-refractivity contribution in [1.82, 2.24) is 15.5 Å². The predicted octanol–water partition coefficient (Wildman–Crippen LogP) is 3.21. The monoisotopic (exact) mass is 401 g/mol. The molecule has 0 spiro atoms. The lowest BCUT2D eigenvalue weighted by Gasteiger charge is -2.12. The molecule has 0 atom stereocenters. The van der Waals surface area contributed by atoms with Crippen molar-refractivity contribution in [3.8, 4) is 5.75 Å². The third-order valence-corrected chi connectivity index (χ3v) is 4.27. The summed E-state index contributed by atoms with van der Waals surface area (Å²) in [5, 5.41) is 17.0. The molecular formula is C19H20ClN5O3. The number of ether oxygens (including phenoxy) is 1. The fourth-order valence-electron chi connectivity index (χ4n) is 2.69. The molecule has 0 saturated carbocycles. The molecule has 0 saturated heterocycles. The molecule has 2 amide bonds. The Labute approximate surface area is 166 Å². The number of rotatable bonds is 7. The molecule has 0 aliphatic carbocycles. The quantitative estimate of drug-likeness (QED) is 0.455. The summed E-state index contributed by atoms with van der Waals surface area (Å²) in [5.74, 6) is 1.13. The number of benzene rings is 2. The van der Waals surface area contributed by atoms with Gasteiger partial charge in [0.1, 0.15) is 5.75 Å². The van der Waals surface area contributed by atoms with Gasteiger partial charge in [0.2, 0.25) is 0 Å². The zero-order valence-corrected chi connectivity index (χ0v) is 16.0. The Hall–Kier alpha value is -3.26. The lowest BCUT2D eigenvalue weighted by atomic mass is 10.2. The lowest BCUT2D eigenvalue weighted by molar-refractivity contribution is 0.252. The second-order valence-corrected chi connectivity index (χ2v) is 6.39. The maximum atomic E-state index is 12.0. The lowest BCUT2D eigenvalue weighted by Crippen LogP contribution is -2.30. The number of hydrogen-bond acceptors (Lipinski definition) is 5. The first-order valence-electron chi connectivity index (χ1n) is 8.68. The van der Waals surface area contributed by atoms with Gasteiger partial charge in [0.15, 0.2) is 5.82 Å². The van der Waals surface area contributed by atoms with E-state index in [9.17, 15) is 9.59 Å². The Kier molecular flexibility index (Phi) is 6.33. The fourth-order valence-corrected chi connectivity index (χ4v) is 2.86. The SMILES string of the molecule is COc1ccc(Cl)cc1NC(=O)NCCCNc1n[nH]c(=O)c2ccccc12. The first kappa shape index (κ1) is 19.5. The Bertz CT molecular complexity index is 1040. The molecule has 146 valence electrons. The minimum atomic E-state index is -0.354. The van der Waals surface area contributed by atoms with E-state index in [4.69, 9.17) is 16.3 Å². The van der Waals surface area contributed by atoms with E-state index in [2.05, 4.69) is 26.1 Å². The van der Waals surface area contributed by atoms with Crippen molar-refractivity contribution in [1.29, 1.82) is 0 Å². The summed E-state index contributed by atoms with van der Waals surface area (Å²) < 4.78 is 5.19. The smallest absolute Gasteiger partial charge is 0.319 e. The third kappa shape index (κ3) is 4.72. The Morgan fingerprint density at radius 3 is 2.75 bits per heavy atom. The topological polar surface area (TPSA) is 108 Å². The van der Waals surface area contributed by atoms with Gasteiger partial charge < -0.3 is 20.7 Å². The van der Waals surface area contributed by atoms with Crippen LogP contribution >= 0.6 is 11.6 Å². The maximum absolute atomic E-state index is 12.0. The van der Waals surface area contributed by atoms with Crippen LogP contribution in [0.25, 0.3) is 10.8 Å². The number of halogens is 1. The van der Waals surface area contributed by atoms with E-state index in [-0.39, 0.29) is 11.6 Å². The van der Waals surface area contributed by atoms with E-state index in [1.165, 1.54) is 7.11 Å². The van der Waals surface area contributed by atoms with Crippen LogP contribution in [0.4, 0.5) is 16.3 Å². The standard InChI is InChI=1S/C19H20ClN5O3/c1-28-16-8-7-12(20)11-15(16)23-19(27)22-10-4-9-21-17-13-5-2-3-6-14(13)18(26)25-24-17/h2-3,5-8,11H,4,9-10H2,1H3,(H,21,24)(H,25,26)(H2,22,23,27). The van der Waals surface area contributed by atoms with E-state index in [1.54, 1.807) is 30.3 Å². The number of carbonyl (C=O) groups excluding carboxylic acids is 1. The number of carbonyl (C=O) groups is 1. The largest absolute Gasteiger partial charge is 0.495 e. The number of methoxy groups -OCH3 is 1. The number of urea groups is 1. The highest BCUT2D eigenvalue weighted by Gasteiger charge is 2.08. The first-order valence-corrected chi connectivity index (χ1v) is 9.06. The molecule has 0 radical (unpaired) electrons. The van der Waals surface area contributed by atoms with Gasteiger partial charge in [-0.05, 0) is 30.7 Å². The van der Waals surface area contributed by atoms with Gasteiger partial charge >= 0.3 is 6.03 Å². The summed E-state index contributed by atoms with van der Waals surface area (Å²) >= 11 is 5.95. The number of H-pyrrole nitrogens is 1. The van der Waals surface area contributed by atoms with Gasteiger partial charge in [0.05, 0.1) is 18.2 Å². The normalized spacial score (nSPS) is 10.5. The van der Waals surface area contributed by atoms with Gasteiger partial charge in [-0.3, -0.25) is 4.79 Å². The molecule has 0 unspecified atom stereocenters. The Morgan fingerprint density at radius 1 is 1.18 bits per heavy atom. The van der Waals surface area contributed by atoms with E-state index in [0.29, 0.717) is 47.2 Å². The average molecular weight is 402 g/mol. The number of aromatic amines is 1. The van der Waals surface area contributed by atoms with Crippen LogP contribution in [0.15, 0.2) is 47.3 Å². The Balaban J connectivity index is 1.48. The van der Waals surface area contributed by atoms with Crippen molar-refractivity contribution < 1.29 is 9.53 Å². The van der Waals surface area contributed by atoms with Gasteiger partial charge in [-0.15, -0.1) is 0 Å². The summed E-state index contributed by atoms with van der Waals surface area (Å²) in [4.78, 5) is 23.8. The summed E-state index contributed by atoms with van der Waals surface area (Å²) in [6.45, 7) is 1.02. The van der Waals surface area contributed by atoms with Crippen LogP contribution < -0.4 is 26.2 Å². The van der Waals surface area contributed by atoms with Gasteiger partial charge in [0.25, 0.3) is 5.56 Å². The van der Waals surface area contributed by atoms with Gasteiger partial charge in [-0.2, -0.15) is 5.10 Å². The average Bonchev–Trinajstić information content (AvgIpc) is 2.70. The number of nitrogens with one attached hydrogen (secondary N) is 4. The summed E-state index contributed by atoms with van der Waals surface area (Å²) in [5.41, 5.74) is 0.269. The van der Waals surface area contributed by atoms with Gasteiger partial charge in [0, 0.05) is 23.5 Å².